The van der Waals surface area contributed by atoms with Gasteiger partial charge < -0.3 is 5.32 Å². The van der Waals surface area contributed by atoms with E-state index in [9.17, 15) is 9.59 Å². The maximum Gasteiger partial charge on any atom is 0.266 e. The zero-order chi connectivity index (χ0) is 24.1. The minimum absolute atomic E-state index is 0.131. The van der Waals surface area contributed by atoms with Crippen LogP contribution in [0.1, 0.15) is 18.1 Å². The third kappa shape index (κ3) is 5.63. The average molecular weight is 512 g/mol. The minimum atomic E-state index is -0.157. The lowest BCUT2D eigenvalue weighted by Gasteiger charge is -2.14. The van der Waals surface area contributed by atoms with Crippen LogP contribution in [0.25, 0.3) is 16.6 Å². The normalized spacial score (nSPS) is 11.0. The van der Waals surface area contributed by atoms with E-state index in [2.05, 4.69) is 12.2 Å². The molecule has 1 heterocycles. The van der Waals surface area contributed by atoms with Crippen LogP contribution in [0.4, 0.5) is 0 Å². The van der Waals surface area contributed by atoms with E-state index >= 15 is 0 Å². The number of fused-ring (bicyclic) bond motifs is 1. The van der Waals surface area contributed by atoms with E-state index in [1.54, 1.807) is 28.8 Å². The second-order valence-corrected chi connectivity index (χ2v) is 9.48. The topological polar surface area (TPSA) is 64.0 Å². The molecule has 1 aromatic heterocycles. The molecule has 8 heteroatoms. The lowest BCUT2D eigenvalue weighted by molar-refractivity contribution is -0.118. The van der Waals surface area contributed by atoms with Crippen LogP contribution >= 0.6 is 35.0 Å². The van der Waals surface area contributed by atoms with Crippen molar-refractivity contribution in [1.82, 2.24) is 14.9 Å². The summed E-state index contributed by atoms with van der Waals surface area (Å²) in [7, 11) is 0. The maximum atomic E-state index is 13.3. The molecule has 0 radical (unpaired) electrons. The fourth-order valence-electron chi connectivity index (χ4n) is 3.56. The van der Waals surface area contributed by atoms with Crippen LogP contribution in [-0.2, 0) is 17.6 Å². The van der Waals surface area contributed by atoms with Crippen LogP contribution in [0.5, 0.6) is 0 Å². The molecule has 5 nitrogen and oxygen atoms in total. The number of rotatable bonds is 8. The number of aryl methyl sites for hydroxylation is 1. The van der Waals surface area contributed by atoms with Crippen LogP contribution in [-0.4, -0.2) is 27.8 Å². The molecule has 0 aliphatic rings. The largest absolute Gasteiger partial charge is 0.355 e. The Balaban J connectivity index is 1.51. The maximum absolute atomic E-state index is 13.3. The fraction of sp³-hybridized carbons (Fsp3) is 0.192. The zero-order valence-corrected chi connectivity index (χ0v) is 20.9. The van der Waals surface area contributed by atoms with Gasteiger partial charge in [-0.1, -0.05) is 72.2 Å². The van der Waals surface area contributed by atoms with Gasteiger partial charge in [-0.2, -0.15) is 0 Å². The van der Waals surface area contributed by atoms with E-state index in [0.717, 1.165) is 17.7 Å². The fourth-order valence-corrected chi connectivity index (χ4v) is 4.91. The predicted molar refractivity (Wildman–Crippen MR) is 141 cm³/mol. The summed E-state index contributed by atoms with van der Waals surface area (Å²) in [6, 6.07) is 20.4. The molecular weight excluding hydrogens is 489 g/mol. The number of para-hydroxylation sites is 1. The Morgan fingerprint density at radius 1 is 1.06 bits per heavy atom. The van der Waals surface area contributed by atoms with Crippen LogP contribution in [0.15, 0.2) is 76.7 Å². The molecule has 4 aromatic rings. The van der Waals surface area contributed by atoms with Crippen LogP contribution in [0.3, 0.4) is 0 Å². The number of hydrogen-bond donors (Lipinski definition) is 1. The van der Waals surface area contributed by atoms with Crippen LogP contribution in [0.2, 0.25) is 10.0 Å². The summed E-state index contributed by atoms with van der Waals surface area (Å²) >= 11 is 13.4. The number of carbonyl (C=O) groups is 1. The van der Waals surface area contributed by atoms with Gasteiger partial charge in [0.1, 0.15) is 0 Å². The first-order valence-electron chi connectivity index (χ1n) is 10.9. The summed E-state index contributed by atoms with van der Waals surface area (Å²) in [5.41, 5.74) is 3.27. The third-order valence-electron chi connectivity index (χ3n) is 5.41. The van der Waals surface area contributed by atoms with Gasteiger partial charge in [-0.3, -0.25) is 14.2 Å². The predicted octanol–water partition coefficient (Wildman–Crippen LogP) is 5.71. The summed E-state index contributed by atoms with van der Waals surface area (Å²) in [6.07, 6.45) is 1.50. The molecule has 34 heavy (non-hydrogen) atoms. The highest BCUT2D eigenvalue weighted by Crippen LogP contribution is 2.23. The first-order valence-corrected chi connectivity index (χ1v) is 12.6. The van der Waals surface area contributed by atoms with Crippen molar-refractivity contribution in [2.45, 2.75) is 24.9 Å². The number of nitrogens with zero attached hydrogens (tertiary/aromatic N) is 2. The quantitative estimate of drug-likeness (QED) is 0.243. The molecule has 1 N–H and O–H groups in total. The number of carbonyl (C=O) groups excluding carboxylic acids is 1. The summed E-state index contributed by atoms with van der Waals surface area (Å²) in [5.74, 6) is -0.0167. The van der Waals surface area contributed by atoms with Crippen molar-refractivity contribution in [3.05, 3.63) is 98.3 Å². The van der Waals surface area contributed by atoms with E-state index in [0.29, 0.717) is 39.1 Å². The van der Waals surface area contributed by atoms with Crippen molar-refractivity contribution in [2.75, 3.05) is 12.3 Å². The molecule has 0 saturated heterocycles. The van der Waals surface area contributed by atoms with E-state index in [1.807, 2.05) is 42.5 Å². The Hall–Kier alpha value is -2.80. The van der Waals surface area contributed by atoms with Crippen LogP contribution < -0.4 is 10.9 Å². The summed E-state index contributed by atoms with van der Waals surface area (Å²) in [5, 5.41) is 5.07. The molecule has 0 aliphatic heterocycles. The standard InChI is InChI=1S/C26H23Cl2N3O2S/c1-2-17-7-11-20(12-8-17)31-25(33)21-5-3-4-6-23(21)30-26(31)34-16-24(32)29-14-13-18-9-10-19(27)15-22(18)28/h3-12,15H,2,13-14,16H2,1H3,(H,29,32). The van der Waals surface area contributed by atoms with E-state index in [4.69, 9.17) is 28.2 Å². The molecule has 0 spiro atoms. The monoisotopic (exact) mass is 511 g/mol. The van der Waals surface area contributed by atoms with Gasteiger partial charge in [-0.25, -0.2) is 4.98 Å². The van der Waals surface area contributed by atoms with Gasteiger partial charge in [-0.05, 0) is 60.4 Å². The van der Waals surface area contributed by atoms with Gasteiger partial charge in [0, 0.05) is 16.6 Å². The Bertz CT molecular complexity index is 1390. The van der Waals surface area contributed by atoms with E-state index in [-0.39, 0.29) is 17.2 Å². The summed E-state index contributed by atoms with van der Waals surface area (Å²) in [4.78, 5) is 30.5. The lowest BCUT2D eigenvalue weighted by Crippen LogP contribution is -2.28. The molecule has 3 aromatic carbocycles. The van der Waals surface area contributed by atoms with Crippen molar-refractivity contribution in [2.24, 2.45) is 0 Å². The third-order valence-corrected chi connectivity index (χ3v) is 6.94. The number of halogens is 2. The number of aromatic nitrogens is 2. The van der Waals surface area contributed by atoms with Crippen molar-refractivity contribution in [3.8, 4) is 5.69 Å². The van der Waals surface area contributed by atoms with Crippen molar-refractivity contribution < 1.29 is 4.79 Å². The molecule has 1 amide bonds. The summed E-state index contributed by atoms with van der Waals surface area (Å²) in [6.45, 7) is 2.52. The highest BCUT2D eigenvalue weighted by Gasteiger charge is 2.15. The molecular formula is C26H23Cl2N3O2S. The van der Waals surface area contributed by atoms with Gasteiger partial charge in [0.25, 0.3) is 5.56 Å². The van der Waals surface area contributed by atoms with Crippen LogP contribution in [0, 0.1) is 0 Å². The number of hydrogen-bond acceptors (Lipinski definition) is 4. The Labute approximate surface area is 212 Å². The number of nitrogens with one attached hydrogen (secondary N) is 1. The van der Waals surface area contributed by atoms with E-state index in [1.165, 1.54) is 17.3 Å². The van der Waals surface area contributed by atoms with Gasteiger partial charge in [0.15, 0.2) is 5.16 Å². The van der Waals surface area contributed by atoms with Crippen molar-refractivity contribution in [1.29, 1.82) is 0 Å². The van der Waals surface area contributed by atoms with Gasteiger partial charge in [-0.15, -0.1) is 0 Å². The van der Waals surface area contributed by atoms with Crippen molar-refractivity contribution >= 4 is 51.8 Å². The molecule has 0 unspecified atom stereocenters. The van der Waals surface area contributed by atoms with Crippen molar-refractivity contribution in [3.63, 3.8) is 0 Å². The molecule has 4 rings (SSSR count). The second kappa shape index (κ2) is 11.1. The molecule has 0 bridgehead atoms. The zero-order valence-electron chi connectivity index (χ0n) is 18.6. The van der Waals surface area contributed by atoms with Gasteiger partial charge in [0.05, 0.1) is 22.3 Å². The van der Waals surface area contributed by atoms with E-state index < -0.39 is 0 Å². The highest BCUT2D eigenvalue weighted by molar-refractivity contribution is 7.99. The highest BCUT2D eigenvalue weighted by atomic mass is 35.5. The molecule has 174 valence electrons. The molecule has 0 atom stereocenters. The van der Waals surface area contributed by atoms with Gasteiger partial charge in [0.2, 0.25) is 5.91 Å². The Kier molecular flexibility index (Phi) is 7.93. The summed E-state index contributed by atoms with van der Waals surface area (Å²) < 4.78 is 1.58. The second-order valence-electron chi connectivity index (χ2n) is 7.70. The van der Waals surface area contributed by atoms with Gasteiger partial charge >= 0.3 is 0 Å². The number of thioether (sulfide) groups is 1. The smallest absolute Gasteiger partial charge is 0.266 e. The Morgan fingerprint density at radius 3 is 2.56 bits per heavy atom. The lowest BCUT2D eigenvalue weighted by atomic mass is 10.1. The first kappa shape index (κ1) is 24.3. The number of benzene rings is 3. The molecule has 0 fully saturated rings. The SMILES string of the molecule is CCc1ccc(-n2c(SCC(=O)NCCc3ccc(Cl)cc3Cl)nc3ccccc3c2=O)cc1. The number of amides is 1. The minimum Gasteiger partial charge on any atom is -0.355 e. The Morgan fingerprint density at radius 2 is 1.82 bits per heavy atom. The average Bonchev–Trinajstić information content (AvgIpc) is 2.84. The molecule has 0 aliphatic carbocycles. The molecule has 0 saturated carbocycles. The first-order chi connectivity index (χ1) is 16.5.